The van der Waals surface area contributed by atoms with Gasteiger partial charge in [0, 0.05) is 18.2 Å². The first-order valence-electron chi connectivity index (χ1n) is 7.35. The SMILES string of the molecule is O=[N+]([O-])c1ccc(N/N=C2\CCc3ccccc3C2)c([N+](=O)[O-])c1. The summed E-state index contributed by atoms with van der Waals surface area (Å²) in [6.07, 6.45) is 2.33. The number of hydrogen-bond acceptors (Lipinski definition) is 6. The van der Waals surface area contributed by atoms with Gasteiger partial charge in [0.05, 0.1) is 15.9 Å². The van der Waals surface area contributed by atoms with Crippen molar-refractivity contribution in [2.45, 2.75) is 19.3 Å². The van der Waals surface area contributed by atoms with Crippen molar-refractivity contribution >= 4 is 22.8 Å². The normalized spacial score (nSPS) is 14.9. The summed E-state index contributed by atoms with van der Waals surface area (Å²) in [7, 11) is 0. The smallest absolute Gasteiger partial charge is 0.272 e. The molecule has 122 valence electrons. The zero-order valence-electron chi connectivity index (χ0n) is 12.6. The number of nitro benzene ring substituents is 2. The molecule has 0 unspecified atom stereocenters. The third-order valence-electron chi connectivity index (χ3n) is 3.92. The maximum atomic E-state index is 11.1. The Morgan fingerprint density at radius 2 is 1.71 bits per heavy atom. The quantitative estimate of drug-likeness (QED) is 0.683. The first-order chi connectivity index (χ1) is 11.5. The molecule has 0 amide bonds. The van der Waals surface area contributed by atoms with Crippen LogP contribution in [0, 0.1) is 20.2 Å². The molecule has 1 N–H and O–H groups in total. The van der Waals surface area contributed by atoms with Crippen molar-refractivity contribution in [3.8, 4) is 0 Å². The van der Waals surface area contributed by atoms with Crippen LogP contribution in [0.25, 0.3) is 0 Å². The summed E-state index contributed by atoms with van der Waals surface area (Å²) in [5, 5.41) is 26.1. The lowest BCUT2D eigenvalue weighted by molar-refractivity contribution is -0.393. The van der Waals surface area contributed by atoms with Crippen LogP contribution < -0.4 is 5.43 Å². The number of non-ortho nitro benzene ring substituents is 1. The number of aryl methyl sites for hydroxylation is 1. The van der Waals surface area contributed by atoms with Crippen molar-refractivity contribution in [3.63, 3.8) is 0 Å². The number of nitrogens with one attached hydrogen (secondary N) is 1. The van der Waals surface area contributed by atoms with Gasteiger partial charge in [0.2, 0.25) is 0 Å². The minimum atomic E-state index is -0.666. The topological polar surface area (TPSA) is 111 Å². The highest BCUT2D eigenvalue weighted by Crippen LogP contribution is 2.29. The number of benzene rings is 2. The van der Waals surface area contributed by atoms with Crippen LogP contribution in [-0.2, 0) is 12.8 Å². The number of fused-ring (bicyclic) bond motifs is 1. The fourth-order valence-corrected chi connectivity index (χ4v) is 2.67. The summed E-state index contributed by atoms with van der Waals surface area (Å²) >= 11 is 0. The van der Waals surface area contributed by atoms with Crippen molar-refractivity contribution in [2.75, 3.05) is 5.43 Å². The minimum Gasteiger partial charge on any atom is -0.272 e. The molecule has 8 heteroatoms. The van der Waals surface area contributed by atoms with Crippen LogP contribution in [0.3, 0.4) is 0 Å². The molecule has 0 fully saturated rings. The lowest BCUT2D eigenvalue weighted by Gasteiger charge is -2.17. The second-order valence-corrected chi connectivity index (χ2v) is 5.45. The molecule has 2 aromatic carbocycles. The Kier molecular flexibility index (Phi) is 4.19. The maximum absolute atomic E-state index is 11.1. The molecule has 0 spiro atoms. The van der Waals surface area contributed by atoms with E-state index in [9.17, 15) is 20.2 Å². The van der Waals surface area contributed by atoms with E-state index in [4.69, 9.17) is 0 Å². The van der Waals surface area contributed by atoms with Crippen molar-refractivity contribution in [3.05, 3.63) is 73.8 Å². The summed E-state index contributed by atoms with van der Waals surface area (Å²) in [6, 6.07) is 11.5. The van der Waals surface area contributed by atoms with Crippen LogP contribution in [0.2, 0.25) is 0 Å². The Bertz CT molecular complexity index is 848. The van der Waals surface area contributed by atoms with Gasteiger partial charge >= 0.3 is 5.69 Å². The molecule has 0 heterocycles. The fraction of sp³-hybridized carbons (Fsp3) is 0.188. The second-order valence-electron chi connectivity index (χ2n) is 5.45. The van der Waals surface area contributed by atoms with E-state index in [0.717, 1.165) is 24.6 Å². The van der Waals surface area contributed by atoms with Crippen LogP contribution in [0.5, 0.6) is 0 Å². The van der Waals surface area contributed by atoms with E-state index in [2.05, 4.69) is 16.6 Å². The molecule has 2 aromatic rings. The lowest BCUT2D eigenvalue weighted by atomic mass is 9.90. The molecule has 0 aliphatic heterocycles. The van der Waals surface area contributed by atoms with Crippen LogP contribution in [0.15, 0.2) is 47.6 Å². The summed E-state index contributed by atoms with van der Waals surface area (Å²) in [4.78, 5) is 20.5. The third kappa shape index (κ3) is 3.22. The number of hydrazone groups is 1. The van der Waals surface area contributed by atoms with E-state index in [1.165, 1.54) is 23.3 Å². The zero-order valence-corrected chi connectivity index (χ0v) is 12.6. The molecule has 1 aliphatic carbocycles. The molecule has 3 rings (SSSR count). The summed E-state index contributed by atoms with van der Waals surface area (Å²) in [5.74, 6) is 0. The van der Waals surface area contributed by atoms with E-state index >= 15 is 0 Å². The average Bonchev–Trinajstić information content (AvgIpc) is 2.59. The van der Waals surface area contributed by atoms with Crippen molar-refractivity contribution in [2.24, 2.45) is 5.10 Å². The Hall–Kier alpha value is -3.29. The highest BCUT2D eigenvalue weighted by molar-refractivity contribution is 5.89. The van der Waals surface area contributed by atoms with Gasteiger partial charge < -0.3 is 0 Å². The number of anilines is 1. The van der Waals surface area contributed by atoms with E-state index in [0.29, 0.717) is 6.42 Å². The van der Waals surface area contributed by atoms with Gasteiger partial charge in [0.1, 0.15) is 5.69 Å². The van der Waals surface area contributed by atoms with Crippen LogP contribution >= 0.6 is 0 Å². The first-order valence-corrected chi connectivity index (χ1v) is 7.35. The highest BCUT2D eigenvalue weighted by Gasteiger charge is 2.20. The van der Waals surface area contributed by atoms with Crippen molar-refractivity contribution in [1.82, 2.24) is 0 Å². The standard InChI is InChI=1S/C16H14N4O4/c21-19(22)14-7-8-15(16(10-14)20(23)24)18-17-13-6-5-11-3-1-2-4-12(11)9-13/h1-4,7-8,10,18H,5-6,9H2/b17-13+. The molecular formula is C16H14N4O4. The Morgan fingerprint density at radius 3 is 2.42 bits per heavy atom. The molecule has 0 saturated heterocycles. The Morgan fingerprint density at radius 1 is 0.958 bits per heavy atom. The number of rotatable bonds is 4. The van der Waals surface area contributed by atoms with Crippen LogP contribution in [0.1, 0.15) is 17.5 Å². The first kappa shape index (κ1) is 15.6. The second kappa shape index (κ2) is 6.45. The maximum Gasteiger partial charge on any atom is 0.301 e. The molecule has 0 aromatic heterocycles. The summed E-state index contributed by atoms with van der Waals surface area (Å²) in [6.45, 7) is 0. The monoisotopic (exact) mass is 326 g/mol. The number of nitrogens with zero attached hydrogens (tertiary/aromatic N) is 3. The molecule has 1 aliphatic rings. The summed E-state index contributed by atoms with van der Waals surface area (Å²) < 4.78 is 0. The highest BCUT2D eigenvalue weighted by atomic mass is 16.6. The van der Waals surface area contributed by atoms with Gasteiger partial charge in [-0.2, -0.15) is 5.10 Å². The van der Waals surface area contributed by atoms with Gasteiger partial charge in [-0.05, 0) is 30.0 Å². The van der Waals surface area contributed by atoms with Crippen molar-refractivity contribution < 1.29 is 9.85 Å². The van der Waals surface area contributed by atoms with Crippen LogP contribution in [0.4, 0.5) is 17.1 Å². The zero-order chi connectivity index (χ0) is 17.1. The van der Waals surface area contributed by atoms with Gasteiger partial charge in [-0.1, -0.05) is 24.3 Å². The lowest BCUT2D eigenvalue weighted by Crippen LogP contribution is -2.15. The Balaban J connectivity index is 1.82. The van der Waals surface area contributed by atoms with Gasteiger partial charge in [-0.25, -0.2) is 0 Å². The minimum absolute atomic E-state index is 0.136. The van der Waals surface area contributed by atoms with E-state index in [1.807, 2.05) is 18.2 Å². The average molecular weight is 326 g/mol. The van der Waals surface area contributed by atoms with E-state index in [1.54, 1.807) is 0 Å². The predicted octanol–water partition coefficient (Wildman–Crippen LogP) is 3.46. The Labute approximate surface area is 137 Å². The predicted molar refractivity (Wildman–Crippen MR) is 89.3 cm³/mol. The van der Waals surface area contributed by atoms with Gasteiger partial charge in [-0.15, -0.1) is 0 Å². The third-order valence-corrected chi connectivity index (χ3v) is 3.92. The molecule has 24 heavy (non-hydrogen) atoms. The summed E-state index contributed by atoms with van der Waals surface area (Å²) in [5.41, 5.74) is 5.50. The van der Waals surface area contributed by atoms with Gasteiger partial charge in [-0.3, -0.25) is 25.7 Å². The van der Waals surface area contributed by atoms with Crippen molar-refractivity contribution in [1.29, 1.82) is 0 Å². The molecule has 0 radical (unpaired) electrons. The van der Waals surface area contributed by atoms with E-state index < -0.39 is 9.85 Å². The van der Waals surface area contributed by atoms with Crippen LogP contribution in [-0.4, -0.2) is 15.6 Å². The van der Waals surface area contributed by atoms with Gasteiger partial charge in [0.25, 0.3) is 5.69 Å². The molecular weight excluding hydrogens is 312 g/mol. The fourth-order valence-electron chi connectivity index (χ4n) is 2.67. The number of hydrogen-bond donors (Lipinski definition) is 1. The molecule has 0 saturated carbocycles. The molecule has 8 nitrogen and oxygen atoms in total. The molecule has 0 atom stereocenters. The number of nitro groups is 2. The van der Waals surface area contributed by atoms with Gasteiger partial charge in [0.15, 0.2) is 0 Å². The molecule has 0 bridgehead atoms. The largest absolute Gasteiger partial charge is 0.301 e. The van der Waals surface area contributed by atoms with E-state index in [-0.39, 0.29) is 17.1 Å².